The highest BCUT2D eigenvalue weighted by molar-refractivity contribution is 6.30. The maximum atomic E-state index is 12.9. The summed E-state index contributed by atoms with van der Waals surface area (Å²) in [5.74, 6) is 0.702. The normalized spacial score (nSPS) is 11.7. The van der Waals surface area contributed by atoms with Gasteiger partial charge >= 0.3 is 0 Å². The number of halogens is 1. The van der Waals surface area contributed by atoms with Gasteiger partial charge in [0.1, 0.15) is 17.5 Å². The molecule has 2 amide bonds. The van der Waals surface area contributed by atoms with Gasteiger partial charge in [-0.2, -0.15) is 0 Å². The molecule has 1 unspecified atom stereocenters. The Morgan fingerprint density at radius 1 is 1.07 bits per heavy atom. The van der Waals surface area contributed by atoms with Crippen LogP contribution in [-0.2, 0) is 16.1 Å². The Balaban J connectivity index is 2.15. The van der Waals surface area contributed by atoms with Gasteiger partial charge < -0.3 is 19.7 Å². The van der Waals surface area contributed by atoms with Crippen LogP contribution in [0.2, 0.25) is 5.02 Å². The summed E-state index contributed by atoms with van der Waals surface area (Å²) in [5.41, 5.74) is 0.881. The highest BCUT2D eigenvalue weighted by Gasteiger charge is 2.26. The molecule has 2 aromatic carbocycles. The van der Waals surface area contributed by atoms with E-state index in [0.717, 1.165) is 11.3 Å². The first-order valence-corrected chi connectivity index (χ1v) is 9.79. The van der Waals surface area contributed by atoms with Crippen LogP contribution < -0.4 is 14.8 Å². The van der Waals surface area contributed by atoms with Crippen LogP contribution in [0, 0.1) is 0 Å². The summed E-state index contributed by atoms with van der Waals surface area (Å²) < 4.78 is 10.8. The van der Waals surface area contributed by atoms with E-state index in [1.165, 1.54) is 4.90 Å². The van der Waals surface area contributed by atoms with Gasteiger partial charge in [0.15, 0.2) is 6.61 Å². The van der Waals surface area contributed by atoms with E-state index in [4.69, 9.17) is 21.1 Å². The highest BCUT2D eigenvalue weighted by Crippen LogP contribution is 2.18. The second kappa shape index (κ2) is 10.7. The van der Waals surface area contributed by atoms with Crippen LogP contribution in [0.1, 0.15) is 26.3 Å². The molecule has 1 atom stereocenters. The molecular weight excluding hydrogens is 392 g/mol. The second-order valence-electron chi connectivity index (χ2n) is 6.96. The summed E-state index contributed by atoms with van der Waals surface area (Å²) in [6.45, 7) is 5.54. The van der Waals surface area contributed by atoms with Crippen LogP contribution in [0.15, 0.2) is 48.5 Å². The first-order chi connectivity index (χ1) is 13.8. The summed E-state index contributed by atoms with van der Waals surface area (Å²) in [4.78, 5) is 27.0. The predicted octanol–water partition coefficient (Wildman–Crippen LogP) is 3.67. The van der Waals surface area contributed by atoms with Gasteiger partial charge in [0.05, 0.1) is 7.11 Å². The lowest BCUT2D eigenvalue weighted by atomic mass is 10.1. The first kappa shape index (κ1) is 22.6. The zero-order valence-electron chi connectivity index (χ0n) is 17.1. The fraction of sp³-hybridized carbons (Fsp3) is 0.364. The lowest BCUT2D eigenvalue weighted by Gasteiger charge is -2.29. The number of hydrogen-bond donors (Lipinski definition) is 1. The van der Waals surface area contributed by atoms with Crippen LogP contribution >= 0.6 is 11.6 Å². The molecule has 29 heavy (non-hydrogen) atoms. The fourth-order valence-corrected chi connectivity index (χ4v) is 2.88. The van der Waals surface area contributed by atoms with Gasteiger partial charge in [-0.3, -0.25) is 9.59 Å². The lowest BCUT2D eigenvalue weighted by Crippen LogP contribution is -2.50. The predicted molar refractivity (Wildman–Crippen MR) is 113 cm³/mol. The minimum absolute atomic E-state index is 0.0226. The Hall–Kier alpha value is -2.73. The second-order valence-corrected chi connectivity index (χ2v) is 7.39. The molecule has 1 N–H and O–H groups in total. The molecule has 0 spiro atoms. The number of methoxy groups -OCH3 is 1. The Kier molecular flexibility index (Phi) is 8.34. The fourth-order valence-electron chi connectivity index (χ4n) is 2.70. The van der Waals surface area contributed by atoms with Crippen molar-refractivity contribution in [1.82, 2.24) is 10.2 Å². The number of amides is 2. The molecule has 0 saturated carbocycles. The van der Waals surface area contributed by atoms with Gasteiger partial charge in [0.2, 0.25) is 5.91 Å². The molecule has 0 aliphatic heterocycles. The average molecular weight is 419 g/mol. The van der Waals surface area contributed by atoms with E-state index in [1.54, 1.807) is 38.3 Å². The van der Waals surface area contributed by atoms with Gasteiger partial charge in [-0.05, 0) is 56.7 Å². The molecule has 7 heteroatoms. The van der Waals surface area contributed by atoms with E-state index in [1.807, 2.05) is 38.1 Å². The van der Waals surface area contributed by atoms with E-state index in [9.17, 15) is 9.59 Å². The van der Waals surface area contributed by atoms with Gasteiger partial charge in [0, 0.05) is 17.6 Å². The quantitative estimate of drug-likeness (QED) is 0.674. The molecule has 0 fully saturated rings. The minimum atomic E-state index is -0.657. The van der Waals surface area contributed by atoms with Crippen molar-refractivity contribution in [2.45, 2.75) is 39.4 Å². The summed E-state index contributed by atoms with van der Waals surface area (Å²) in [6, 6.07) is 13.5. The maximum Gasteiger partial charge on any atom is 0.261 e. The molecule has 6 nitrogen and oxygen atoms in total. The van der Waals surface area contributed by atoms with Gasteiger partial charge in [-0.1, -0.05) is 29.8 Å². The zero-order valence-corrected chi connectivity index (χ0v) is 17.9. The lowest BCUT2D eigenvalue weighted by molar-refractivity contribution is -0.142. The zero-order chi connectivity index (χ0) is 21.4. The third-order valence-electron chi connectivity index (χ3n) is 4.27. The van der Waals surface area contributed by atoms with Crippen molar-refractivity contribution in [3.8, 4) is 11.5 Å². The van der Waals surface area contributed by atoms with Crippen molar-refractivity contribution in [2.24, 2.45) is 0 Å². The minimum Gasteiger partial charge on any atom is -0.497 e. The van der Waals surface area contributed by atoms with E-state index in [-0.39, 0.29) is 31.0 Å². The molecule has 0 heterocycles. The van der Waals surface area contributed by atoms with Crippen LogP contribution in [0.5, 0.6) is 11.5 Å². The molecule has 0 radical (unpaired) electrons. The van der Waals surface area contributed by atoms with Crippen LogP contribution in [0.25, 0.3) is 0 Å². The first-order valence-electron chi connectivity index (χ1n) is 9.41. The number of benzene rings is 2. The van der Waals surface area contributed by atoms with Crippen molar-refractivity contribution >= 4 is 23.4 Å². The number of carbonyl (C=O) groups excluding carboxylic acids is 2. The average Bonchev–Trinajstić information content (AvgIpc) is 2.69. The molecule has 0 aliphatic rings. The Labute approximate surface area is 176 Å². The largest absolute Gasteiger partial charge is 0.497 e. The smallest absolute Gasteiger partial charge is 0.261 e. The number of nitrogens with zero attached hydrogens (tertiary/aromatic N) is 1. The third kappa shape index (κ3) is 6.98. The Morgan fingerprint density at radius 2 is 1.76 bits per heavy atom. The molecule has 0 aromatic heterocycles. The number of carbonyl (C=O) groups is 2. The third-order valence-corrected chi connectivity index (χ3v) is 4.50. The van der Waals surface area contributed by atoms with Gasteiger partial charge in [-0.15, -0.1) is 0 Å². The SMILES string of the molecule is COc1ccc(CN(C(=O)COc2cccc(Cl)c2)C(C)C(=O)NC(C)C)cc1. The molecule has 0 bridgehead atoms. The topological polar surface area (TPSA) is 67.9 Å². The number of ether oxygens (including phenoxy) is 2. The Bertz CT molecular complexity index is 824. The molecule has 2 rings (SSSR count). The number of nitrogens with one attached hydrogen (secondary N) is 1. The van der Waals surface area contributed by atoms with Crippen molar-refractivity contribution in [1.29, 1.82) is 0 Å². The van der Waals surface area contributed by atoms with Crippen molar-refractivity contribution in [2.75, 3.05) is 13.7 Å². The molecule has 156 valence electrons. The van der Waals surface area contributed by atoms with E-state index < -0.39 is 6.04 Å². The van der Waals surface area contributed by atoms with E-state index in [2.05, 4.69) is 5.32 Å². The summed E-state index contributed by atoms with van der Waals surface area (Å²) >= 11 is 5.96. The summed E-state index contributed by atoms with van der Waals surface area (Å²) in [5, 5.41) is 3.37. The molecule has 2 aromatic rings. The van der Waals surface area contributed by atoms with Crippen molar-refractivity contribution in [3.05, 3.63) is 59.1 Å². The molecular formula is C22H27ClN2O4. The van der Waals surface area contributed by atoms with Crippen LogP contribution in [-0.4, -0.2) is 42.5 Å². The van der Waals surface area contributed by atoms with Crippen LogP contribution in [0.4, 0.5) is 0 Å². The van der Waals surface area contributed by atoms with Crippen LogP contribution in [0.3, 0.4) is 0 Å². The van der Waals surface area contributed by atoms with Crippen molar-refractivity contribution < 1.29 is 19.1 Å². The highest BCUT2D eigenvalue weighted by atomic mass is 35.5. The van der Waals surface area contributed by atoms with Gasteiger partial charge in [-0.25, -0.2) is 0 Å². The van der Waals surface area contributed by atoms with E-state index in [0.29, 0.717) is 10.8 Å². The summed E-state index contributed by atoms with van der Waals surface area (Å²) in [6.07, 6.45) is 0. The standard InChI is InChI=1S/C22H27ClN2O4/c1-15(2)24-22(27)16(3)25(13-17-8-10-19(28-4)11-9-17)21(26)14-29-20-7-5-6-18(23)12-20/h5-12,15-16H,13-14H2,1-4H3,(H,24,27). The van der Waals surface area contributed by atoms with Gasteiger partial charge in [0.25, 0.3) is 5.91 Å². The monoisotopic (exact) mass is 418 g/mol. The summed E-state index contributed by atoms with van der Waals surface area (Å²) in [7, 11) is 1.59. The number of rotatable bonds is 9. The van der Waals surface area contributed by atoms with E-state index >= 15 is 0 Å². The molecule has 0 saturated heterocycles. The molecule has 0 aliphatic carbocycles. The maximum absolute atomic E-state index is 12.9. The number of hydrogen-bond acceptors (Lipinski definition) is 4. The van der Waals surface area contributed by atoms with Crippen molar-refractivity contribution in [3.63, 3.8) is 0 Å². The Morgan fingerprint density at radius 3 is 2.34 bits per heavy atom.